The van der Waals surface area contributed by atoms with Crippen LogP contribution >= 0.6 is 0 Å². The molecule has 0 spiro atoms. The average molecular weight is 491 g/mol. The zero-order chi connectivity index (χ0) is 26.4. The summed E-state index contributed by atoms with van der Waals surface area (Å²) in [6.07, 6.45) is 7.22. The summed E-state index contributed by atoms with van der Waals surface area (Å²) in [6, 6.07) is 16.1. The first kappa shape index (κ1) is 27.1. The van der Waals surface area contributed by atoms with Gasteiger partial charge in [-0.1, -0.05) is 90.1 Å². The van der Waals surface area contributed by atoms with E-state index in [9.17, 15) is 15.0 Å². The molecule has 2 fully saturated rings. The van der Waals surface area contributed by atoms with Crippen molar-refractivity contribution in [3.05, 3.63) is 70.8 Å². The van der Waals surface area contributed by atoms with Gasteiger partial charge in [0, 0.05) is 11.8 Å². The van der Waals surface area contributed by atoms with Crippen molar-refractivity contribution in [1.29, 1.82) is 0 Å². The van der Waals surface area contributed by atoms with Gasteiger partial charge in [-0.15, -0.1) is 0 Å². The van der Waals surface area contributed by atoms with Gasteiger partial charge in [0.2, 0.25) is 0 Å². The molecule has 2 atom stereocenters. The predicted molar refractivity (Wildman–Crippen MR) is 147 cm³/mol. The number of ketones is 1. The molecule has 0 saturated heterocycles. The lowest BCUT2D eigenvalue weighted by atomic mass is 9.68. The van der Waals surface area contributed by atoms with Crippen molar-refractivity contribution in [2.45, 2.75) is 116 Å². The van der Waals surface area contributed by atoms with Crippen LogP contribution in [0.2, 0.25) is 0 Å². The number of carbonyl (C=O) groups excluding carboxylic acids is 1. The van der Waals surface area contributed by atoms with Gasteiger partial charge in [-0.2, -0.15) is 0 Å². The zero-order valence-corrected chi connectivity index (χ0v) is 23.2. The predicted octanol–water partition coefficient (Wildman–Crippen LogP) is 7.74. The third-order valence-electron chi connectivity index (χ3n) is 9.61. The molecule has 2 aromatic rings. The summed E-state index contributed by atoms with van der Waals surface area (Å²) in [5.41, 5.74) is 3.00. The van der Waals surface area contributed by atoms with E-state index < -0.39 is 11.2 Å². The third-order valence-corrected chi connectivity index (χ3v) is 9.61. The zero-order valence-electron chi connectivity index (χ0n) is 23.2. The second-order valence-electron chi connectivity index (χ2n) is 13.5. The fraction of sp³-hybridized carbons (Fsp3) is 0.606. The monoisotopic (exact) mass is 490 g/mol. The Morgan fingerprint density at radius 2 is 0.861 bits per heavy atom. The molecule has 196 valence electrons. The van der Waals surface area contributed by atoms with Crippen LogP contribution in [0, 0.1) is 10.8 Å². The number of hydrogen-bond donors (Lipinski definition) is 2. The third kappa shape index (κ3) is 5.63. The van der Waals surface area contributed by atoms with Crippen LogP contribution in [0.3, 0.4) is 0 Å². The first-order chi connectivity index (χ1) is 16.7. The molecule has 3 nitrogen and oxygen atoms in total. The SMILES string of the molecule is CC(C(=O)C(C)c1ccc(C2(O)CCC(C)(C)CC2)cc1)c1ccc(C2(O)CCC(C)(C)CC2)cc1. The van der Waals surface area contributed by atoms with E-state index in [-0.39, 0.29) is 17.6 Å². The molecule has 0 radical (unpaired) electrons. The molecule has 0 amide bonds. The van der Waals surface area contributed by atoms with Crippen molar-refractivity contribution in [2.24, 2.45) is 10.8 Å². The van der Waals surface area contributed by atoms with Gasteiger partial charge in [-0.05, 0) is 84.5 Å². The molecule has 0 aromatic heterocycles. The number of hydrogen-bond acceptors (Lipinski definition) is 3. The lowest BCUT2D eigenvalue weighted by molar-refractivity contribution is -0.121. The average Bonchev–Trinajstić information content (AvgIpc) is 2.87. The van der Waals surface area contributed by atoms with E-state index >= 15 is 0 Å². The van der Waals surface area contributed by atoms with Gasteiger partial charge in [0.1, 0.15) is 5.78 Å². The summed E-state index contributed by atoms with van der Waals surface area (Å²) in [5, 5.41) is 22.5. The highest BCUT2D eigenvalue weighted by Gasteiger charge is 2.39. The molecule has 2 unspecified atom stereocenters. The highest BCUT2D eigenvalue weighted by atomic mass is 16.3. The van der Waals surface area contributed by atoms with Gasteiger partial charge in [0.15, 0.2) is 0 Å². The fourth-order valence-corrected chi connectivity index (χ4v) is 6.13. The van der Waals surface area contributed by atoms with E-state index in [1.54, 1.807) is 0 Å². The van der Waals surface area contributed by atoms with Crippen LogP contribution in [0.25, 0.3) is 0 Å². The summed E-state index contributed by atoms with van der Waals surface area (Å²) < 4.78 is 0. The van der Waals surface area contributed by atoms with Crippen molar-refractivity contribution >= 4 is 5.78 Å². The Hall–Kier alpha value is -1.97. The molecule has 0 aliphatic heterocycles. The van der Waals surface area contributed by atoms with Crippen LogP contribution in [0.1, 0.15) is 127 Å². The molecular weight excluding hydrogens is 444 g/mol. The lowest BCUT2D eigenvalue weighted by Gasteiger charge is -2.40. The van der Waals surface area contributed by atoms with Crippen LogP contribution < -0.4 is 0 Å². The summed E-state index contributed by atoms with van der Waals surface area (Å²) >= 11 is 0. The normalized spacial score (nSPS) is 24.0. The minimum Gasteiger partial charge on any atom is -0.385 e. The quantitative estimate of drug-likeness (QED) is 0.435. The fourth-order valence-electron chi connectivity index (χ4n) is 6.13. The summed E-state index contributed by atoms with van der Waals surface area (Å²) in [6.45, 7) is 13.1. The Balaban J connectivity index is 1.41. The van der Waals surface area contributed by atoms with Crippen molar-refractivity contribution in [2.75, 3.05) is 0 Å². The molecule has 2 aromatic carbocycles. The van der Waals surface area contributed by atoms with E-state index in [0.717, 1.165) is 73.6 Å². The van der Waals surface area contributed by atoms with Gasteiger partial charge in [-0.25, -0.2) is 0 Å². The van der Waals surface area contributed by atoms with E-state index in [1.165, 1.54) is 0 Å². The Morgan fingerprint density at radius 3 is 1.14 bits per heavy atom. The van der Waals surface area contributed by atoms with Gasteiger partial charge in [0.05, 0.1) is 11.2 Å². The van der Waals surface area contributed by atoms with E-state index in [1.807, 2.05) is 62.4 Å². The number of rotatable bonds is 6. The van der Waals surface area contributed by atoms with Gasteiger partial charge >= 0.3 is 0 Å². The molecule has 2 aliphatic carbocycles. The maximum Gasteiger partial charge on any atom is 0.147 e. The van der Waals surface area contributed by atoms with Crippen LogP contribution in [-0.4, -0.2) is 16.0 Å². The van der Waals surface area contributed by atoms with Crippen LogP contribution in [0.4, 0.5) is 0 Å². The maximum atomic E-state index is 13.4. The Bertz CT molecular complexity index is 956. The lowest BCUT2D eigenvalue weighted by Crippen LogP contribution is -2.34. The molecule has 0 heterocycles. The topological polar surface area (TPSA) is 57.5 Å². The first-order valence-electron chi connectivity index (χ1n) is 13.9. The molecule has 0 bridgehead atoms. The Morgan fingerprint density at radius 1 is 0.583 bits per heavy atom. The highest BCUT2D eigenvalue weighted by Crippen LogP contribution is 2.46. The molecular formula is C33H46O3. The Labute approximate surface area is 218 Å². The van der Waals surface area contributed by atoms with Gasteiger partial charge in [-0.3, -0.25) is 4.79 Å². The molecule has 2 saturated carbocycles. The van der Waals surface area contributed by atoms with Crippen molar-refractivity contribution < 1.29 is 15.0 Å². The second kappa shape index (κ2) is 9.72. The largest absolute Gasteiger partial charge is 0.385 e. The summed E-state index contributed by atoms with van der Waals surface area (Å²) in [5.74, 6) is -0.261. The van der Waals surface area contributed by atoms with Gasteiger partial charge in [0.25, 0.3) is 0 Å². The van der Waals surface area contributed by atoms with E-state index in [2.05, 4.69) is 27.7 Å². The van der Waals surface area contributed by atoms with Crippen molar-refractivity contribution in [3.63, 3.8) is 0 Å². The van der Waals surface area contributed by atoms with Crippen molar-refractivity contribution in [3.8, 4) is 0 Å². The molecule has 3 heteroatoms. The smallest absolute Gasteiger partial charge is 0.147 e. The Kier molecular flexibility index (Phi) is 7.31. The van der Waals surface area contributed by atoms with Gasteiger partial charge < -0.3 is 10.2 Å². The van der Waals surface area contributed by atoms with E-state index in [0.29, 0.717) is 10.8 Å². The number of Topliss-reactive ketones (excluding diaryl/α,β-unsaturated/α-hetero) is 1. The minimum absolute atomic E-state index is 0.187. The minimum atomic E-state index is -0.755. The summed E-state index contributed by atoms with van der Waals surface area (Å²) in [7, 11) is 0. The highest BCUT2D eigenvalue weighted by molar-refractivity contribution is 5.91. The van der Waals surface area contributed by atoms with Crippen LogP contribution in [0.5, 0.6) is 0 Å². The van der Waals surface area contributed by atoms with Crippen LogP contribution in [0.15, 0.2) is 48.5 Å². The van der Waals surface area contributed by atoms with E-state index in [4.69, 9.17) is 0 Å². The number of benzene rings is 2. The number of aliphatic hydroxyl groups is 2. The van der Waals surface area contributed by atoms with Crippen molar-refractivity contribution in [1.82, 2.24) is 0 Å². The molecule has 4 rings (SSSR count). The standard InChI is InChI=1S/C33H46O3/c1-23(25-7-11-27(12-8-25)32(35)19-15-30(3,4)16-20-32)29(34)24(2)26-9-13-28(14-10-26)33(36)21-17-31(5,6)18-22-33/h7-14,23-24,35-36H,15-22H2,1-6H3. The maximum absolute atomic E-state index is 13.4. The summed E-state index contributed by atoms with van der Waals surface area (Å²) in [4.78, 5) is 13.4. The molecule has 36 heavy (non-hydrogen) atoms. The first-order valence-corrected chi connectivity index (χ1v) is 13.9. The number of carbonyl (C=O) groups is 1. The second-order valence-corrected chi connectivity index (χ2v) is 13.5. The van der Waals surface area contributed by atoms with Crippen LogP contribution in [-0.2, 0) is 16.0 Å². The molecule has 2 aliphatic rings. The molecule has 2 N–H and O–H groups in total.